The first-order valence-corrected chi connectivity index (χ1v) is 18.6. The molecule has 5 aromatic rings. The molecule has 0 radical (unpaired) electrons. The number of fused-ring (bicyclic) bond motifs is 4. The SMILES string of the molecule is CCc1cccc2cc3c(cnn3C3CCCCO3)c(-c3ncc4c(N5CCC[C@@](C)(O)C5)nc(OC[C@@]56CCCN5C[C@H](F)C6)nc4c3F)c12. The Kier molecular flexibility index (Phi) is 8.12. The number of alkyl halides is 1. The zero-order chi connectivity index (χ0) is 34.9. The van der Waals surface area contributed by atoms with Crippen molar-refractivity contribution in [1.82, 2.24) is 29.6 Å². The summed E-state index contributed by atoms with van der Waals surface area (Å²) < 4.78 is 46.5. The van der Waals surface area contributed by atoms with Gasteiger partial charge in [0, 0.05) is 49.8 Å². The van der Waals surface area contributed by atoms with Crippen molar-refractivity contribution >= 4 is 38.4 Å². The predicted molar refractivity (Wildman–Crippen MR) is 192 cm³/mol. The second-order valence-electron chi connectivity index (χ2n) is 15.4. The Labute approximate surface area is 295 Å². The first-order chi connectivity index (χ1) is 24.7. The van der Waals surface area contributed by atoms with Crippen LogP contribution in [0.5, 0.6) is 6.01 Å². The van der Waals surface area contributed by atoms with Crippen LogP contribution < -0.4 is 9.64 Å². The van der Waals surface area contributed by atoms with E-state index in [-0.39, 0.29) is 30.1 Å². The fraction of sp³-hybridized carbons (Fsp3) is 0.538. The van der Waals surface area contributed by atoms with Gasteiger partial charge >= 0.3 is 6.01 Å². The molecule has 0 saturated carbocycles. The number of hydrogen-bond acceptors (Lipinski definition) is 9. The Bertz CT molecular complexity index is 2130. The summed E-state index contributed by atoms with van der Waals surface area (Å²) in [6.07, 6.45) is 9.70. The van der Waals surface area contributed by atoms with E-state index in [2.05, 4.69) is 30.0 Å². The van der Waals surface area contributed by atoms with E-state index in [9.17, 15) is 9.50 Å². The summed E-state index contributed by atoms with van der Waals surface area (Å²) in [6.45, 7) is 7.03. The normalized spacial score (nSPS) is 27.2. The fourth-order valence-corrected chi connectivity index (χ4v) is 9.27. The summed E-state index contributed by atoms with van der Waals surface area (Å²) in [4.78, 5) is 18.6. The lowest BCUT2D eigenvalue weighted by molar-refractivity contribution is -0.0366. The molecule has 268 valence electrons. The molecule has 7 heterocycles. The molecule has 4 fully saturated rings. The summed E-state index contributed by atoms with van der Waals surface area (Å²) in [5.74, 6) is -0.0976. The van der Waals surface area contributed by atoms with Gasteiger partial charge in [0.25, 0.3) is 0 Å². The van der Waals surface area contributed by atoms with Gasteiger partial charge in [-0.05, 0) is 87.2 Å². The highest BCUT2D eigenvalue weighted by atomic mass is 19.1. The van der Waals surface area contributed by atoms with Crippen LogP contribution in [0.2, 0.25) is 0 Å². The number of aromatic nitrogens is 5. The lowest BCUT2D eigenvalue weighted by Gasteiger charge is -2.38. The molecule has 3 aromatic heterocycles. The number of β-amino-alcohol motifs (C(OH)–C–C–N with tert-alkyl or cyclic N) is 1. The highest BCUT2D eigenvalue weighted by Crippen LogP contribution is 2.43. The molecule has 4 saturated heterocycles. The Hall–Kier alpha value is -4.00. The van der Waals surface area contributed by atoms with Crippen LogP contribution in [-0.2, 0) is 11.2 Å². The van der Waals surface area contributed by atoms with Crippen LogP contribution in [-0.4, -0.2) is 91.4 Å². The minimum atomic E-state index is -0.931. The zero-order valence-corrected chi connectivity index (χ0v) is 29.4. The minimum Gasteiger partial charge on any atom is -0.461 e. The summed E-state index contributed by atoms with van der Waals surface area (Å²) in [5, 5.41) is 19.0. The minimum absolute atomic E-state index is 0.0434. The van der Waals surface area contributed by atoms with Gasteiger partial charge in [0.2, 0.25) is 0 Å². The number of aliphatic hydroxyl groups is 1. The third-order valence-corrected chi connectivity index (χ3v) is 11.7. The van der Waals surface area contributed by atoms with Crippen LogP contribution in [0.1, 0.15) is 77.0 Å². The average molecular weight is 698 g/mol. The maximum Gasteiger partial charge on any atom is 0.319 e. The first kappa shape index (κ1) is 32.9. The van der Waals surface area contributed by atoms with Gasteiger partial charge in [-0.3, -0.25) is 9.88 Å². The molecule has 0 amide bonds. The number of ether oxygens (including phenoxy) is 2. The number of anilines is 1. The van der Waals surface area contributed by atoms with E-state index in [4.69, 9.17) is 29.5 Å². The van der Waals surface area contributed by atoms with Crippen molar-refractivity contribution in [2.45, 2.75) is 95.2 Å². The number of benzene rings is 2. The largest absolute Gasteiger partial charge is 0.461 e. The second kappa shape index (κ2) is 12.6. The Balaban J connectivity index is 1.23. The van der Waals surface area contributed by atoms with Crippen molar-refractivity contribution in [2.75, 3.05) is 44.3 Å². The zero-order valence-electron chi connectivity index (χ0n) is 29.4. The van der Waals surface area contributed by atoms with E-state index in [0.29, 0.717) is 55.9 Å². The lowest BCUT2D eigenvalue weighted by atomic mass is 9.92. The topological polar surface area (TPSA) is 102 Å². The van der Waals surface area contributed by atoms with E-state index in [1.807, 2.05) is 28.8 Å². The van der Waals surface area contributed by atoms with Crippen LogP contribution in [0.4, 0.5) is 14.6 Å². The van der Waals surface area contributed by atoms with Crippen molar-refractivity contribution < 1.29 is 23.4 Å². The quantitative estimate of drug-likeness (QED) is 0.195. The first-order valence-electron chi connectivity index (χ1n) is 18.6. The van der Waals surface area contributed by atoms with E-state index < -0.39 is 23.1 Å². The lowest BCUT2D eigenvalue weighted by Crippen LogP contribution is -2.46. The van der Waals surface area contributed by atoms with E-state index >= 15 is 4.39 Å². The molecule has 0 spiro atoms. The number of aryl methyl sites for hydroxylation is 1. The predicted octanol–water partition coefficient (Wildman–Crippen LogP) is 6.90. The fourth-order valence-electron chi connectivity index (χ4n) is 9.27. The molecule has 4 aliphatic heterocycles. The highest BCUT2D eigenvalue weighted by Gasteiger charge is 2.49. The van der Waals surface area contributed by atoms with Crippen LogP contribution in [0.25, 0.3) is 43.8 Å². The Morgan fingerprint density at radius 2 is 1.96 bits per heavy atom. The molecule has 10 nitrogen and oxygen atoms in total. The number of rotatable bonds is 7. The molecular formula is C39H45F2N7O3. The maximum absolute atomic E-state index is 17.5. The van der Waals surface area contributed by atoms with Gasteiger partial charge in [0.05, 0.1) is 28.2 Å². The smallest absolute Gasteiger partial charge is 0.319 e. The van der Waals surface area contributed by atoms with Crippen molar-refractivity contribution in [2.24, 2.45) is 0 Å². The third kappa shape index (κ3) is 5.61. The second-order valence-corrected chi connectivity index (χ2v) is 15.4. The maximum atomic E-state index is 17.5. The van der Waals surface area contributed by atoms with Gasteiger partial charge in [0.1, 0.15) is 29.8 Å². The number of nitrogens with zero attached hydrogens (tertiary/aromatic N) is 7. The molecule has 4 aliphatic rings. The van der Waals surface area contributed by atoms with E-state index in [1.165, 1.54) is 0 Å². The molecule has 12 heteroatoms. The van der Waals surface area contributed by atoms with Crippen LogP contribution >= 0.6 is 0 Å². The molecule has 9 rings (SSSR count). The Morgan fingerprint density at radius 3 is 2.78 bits per heavy atom. The average Bonchev–Trinajstić information content (AvgIpc) is 3.81. The third-order valence-electron chi connectivity index (χ3n) is 11.7. The van der Waals surface area contributed by atoms with E-state index in [0.717, 1.165) is 78.7 Å². The molecule has 1 unspecified atom stereocenters. The van der Waals surface area contributed by atoms with Crippen molar-refractivity contribution in [3.8, 4) is 17.3 Å². The number of hydrogen-bond donors (Lipinski definition) is 1. The molecule has 4 atom stereocenters. The van der Waals surface area contributed by atoms with Gasteiger partial charge in [-0.15, -0.1) is 0 Å². The van der Waals surface area contributed by atoms with Crippen LogP contribution in [0, 0.1) is 5.82 Å². The number of halogens is 2. The van der Waals surface area contributed by atoms with Crippen molar-refractivity contribution in [3.63, 3.8) is 0 Å². The molecule has 2 aromatic carbocycles. The van der Waals surface area contributed by atoms with Gasteiger partial charge in [0.15, 0.2) is 12.0 Å². The molecule has 0 bridgehead atoms. The van der Waals surface area contributed by atoms with Crippen molar-refractivity contribution in [1.29, 1.82) is 0 Å². The van der Waals surface area contributed by atoms with Gasteiger partial charge in [-0.2, -0.15) is 15.1 Å². The highest BCUT2D eigenvalue weighted by molar-refractivity contribution is 6.13. The monoisotopic (exact) mass is 697 g/mol. The Morgan fingerprint density at radius 1 is 1.08 bits per heavy atom. The summed E-state index contributed by atoms with van der Waals surface area (Å²) in [5.41, 5.74) is 1.55. The molecular weight excluding hydrogens is 652 g/mol. The van der Waals surface area contributed by atoms with Crippen LogP contribution in [0.15, 0.2) is 36.7 Å². The van der Waals surface area contributed by atoms with E-state index in [1.54, 1.807) is 6.20 Å². The number of piperidine rings is 1. The van der Waals surface area contributed by atoms with Gasteiger partial charge < -0.3 is 19.5 Å². The standard InChI is InChI=1S/C39H45F2N7O3/c1-3-24-9-6-10-25-17-29-27(20-43-48(29)30-11-4-5-16-50-30)32(31(24)25)35-33(41)34-28(19-42-35)36(46-14-7-12-38(2,49)22-46)45-37(44-34)51-23-39-13-8-15-47(39)21-26(40)18-39/h6,9-10,17,19-20,26,30,49H,3-5,7-8,11-16,18,21-23H2,1-2H3/t26-,30?,38-,39+/m1/s1. The molecule has 51 heavy (non-hydrogen) atoms. The van der Waals surface area contributed by atoms with Crippen molar-refractivity contribution in [3.05, 3.63) is 48.0 Å². The summed E-state index contributed by atoms with van der Waals surface area (Å²) >= 11 is 0. The molecule has 0 aliphatic carbocycles. The summed E-state index contributed by atoms with van der Waals surface area (Å²) in [7, 11) is 0. The number of pyridine rings is 1. The van der Waals surface area contributed by atoms with Gasteiger partial charge in [-0.25, -0.2) is 13.5 Å². The summed E-state index contributed by atoms with van der Waals surface area (Å²) in [6, 6.07) is 8.34. The molecule has 1 N–H and O–H groups in total. The van der Waals surface area contributed by atoms with Gasteiger partial charge in [-0.1, -0.05) is 25.1 Å². The van der Waals surface area contributed by atoms with Crippen LogP contribution in [0.3, 0.4) is 0 Å².